The van der Waals surface area contributed by atoms with Crippen molar-refractivity contribution in [2.45, 2.75) is 32.7 Å². The van der Waals surface area contributed by atoms with Crippen molar-refractivity contribution in [2.24, 2.45) is 5.92 Å². The Balaban J connectivity index is 1.46. The normalized spacial score (nSPS) is 19.5. The van der Waals surface area contributed by atoms with Crippen molar-refractivity contribution in [1.29, 1.82) is 0 Å². The molecule has 0 spiro atoms. The molecule has 1 saturated carbocycles. The van der Waals surface area contributed by atoms with Crippen LogP contribution in [-0.4, -0.2) is 53.6 Å². The maximum absolute atomic E-state index is 12.4. The van der Waals surface area contributed by atoms with Crippen molar-refractivity contribution in [1.82, 2.24) is 14.9 Å². The Morgan fingerprint density at radius 2 is 1.96 bits per heavy atom. The molecule has 1 atom stereocenters. The number of amides is 1. The maximum atomic E-state index is 12.4. The second kappa shape index (κ2) is 7.66. The first-order valence-corrected chi connectivity index (χ1v) is 9.75. The largest absolute Gasteiger partial charge is 0.493 e. The summed E-state index contributed by atoms with van der Waals surface area (Å²) in [6.45, 7) is 6.34. The number of hydrogen-bond acceptors (Lipinski definition) is 6. The molecule has 28 heavy (non-hydrogen) atoms. The van der Waals surface area contributed by atoms with Gasteiger partial charge < -0.3 is 19.3 Å². The van der Waals surface area contributed by atoms with Gasteiger partial charge in [-0.1, -0.05) is 6.07 Å². The summed E-state index contributed by atoms with van der Waals surface area (Å²) >= 11 is 0. The molecule has 0 radical (unpaired) electrons. The number of anilines is 1. The van der Waals surface area contributed by atoms with Crippen LogP contribution in [0.25, 0.3) is 0 Å². The van der Waals surface area contributed by atoms with Gasteiger partial charge in [0.05, 0.1) is 7.11 Å². The highest BCUT2D eigenvalue weighted by Crippen LogP contribution is 2.34. The third-order valence-corrected chi connectivity index (χ3v) is 5.32. The first kappa shape index (κ1) is 18.5. The number of piperazine rings is 1. The third kappa shape index (κ3) is 3.88. The van der Waals surface area contributed by atoms with E-state index in [0.29, 0.717) is 23.3 Å². The van der Waals surface area contributed by atoms with Crippen LogP contribution in [0.3, 0.4) is 0 Å². The predicted octanol–water partition coefficient (Wildman–Crippen LogP) is 3.03. The van der Waals surface area contributed by atoms with Gasteiger partial charge in [0.15, 0.2) is 11.5 Å². The van der Waals surface area contributed by atoms with E-state index in [2.05, 4.69) is 21.8 Å². The molecule has 1 aliphatic carbocycles. The lowest BCUT2D eigenvalue weighted by Gasteiger charge is -2.40. The Morgan fingerprint density at radius 3 is 2.68 bits per heavy atom. The number of carbonyl (C=O) groups excluding carboxylic acids is 1. The molecule has 1 aliphatic heterocycles. The summed E-state index contributed by atoms with van der Waals surface area (Å²) in [4.78, 5) is 25.3. The molecule has 0 N–H and O–H groups in total. The van der Waals surface area contributed by atoms with E-state index in [9.17, 15) is 4.79 Å². The third-order valence-electron chi connectivity index (χ3n) is 5.32. The maximum Gasteiger partial charge on any atom is 0.226 e. The average Bonchev–Trinajstić information content (AvgIpc) is 3.54. The molecule has 1 unspecified atom stereocenters. The molecule has 0 bridgehead atoms. The lowest BCUT2D eigenvalue weighted by atomic mass is 10.1. The number of rotatable bonds is 5. The van der Waals surface area contributed by atoms with Crippen LogP contribution < -0.4 is 14.4 Å². The van der Waals surface area contributed by atoms with Crippen molar-refractivity contribution < 1.29 is 14.3 Å². The minimum atomic E-state index is 0.165. The standard InChI is InChI=1S/C21H26N4O3/c1-14-4-7-17(18(10-14)27-3)28-20-11-19(22-13-23-20)24-8-9-25(15(2)12-24)21(26)16-5-6-16/h4,7,10-11,13,15-16H,5-6,8-9,12H2,1-3H3. The van der Waals surface area contributed by atoms with Gasteiger partial charge in [-0.05, 0) is 44.4 Å². The van der Waals surface area contributed by atoms with E-state index in [1.807, 2.05) is 36.1 Å². The Hall–Kier alpha value is -2.83. The molecule has 1 amide bonds. The minimum Gasteiger partial charge on any atom is -0.493 e. The molecule has 2 heterocycles. The molecule has 4 rings (SSSR count). The van der Waals surface area contributed by atoms with E-state index >= 15 is 0 Å². The summed E-state index contributed by atoms with van der Waals surface area (Å²) in [6.07, 6.45) is 3.60. The van der Waals surface area contributed by atoms with Crippen molar-refractivity contribution in [3.05, 3.63) is 36.2 Å². The quantitative estimate of drug-likeness (QED) is 0.792. The number of hydrogen-bond donors (Lipinski definition) is 0. The molecule has 1 saturated heterocycles. The SMILES string of the molecule is COc1cc(C)ccc1Oc1cc(N2CCN(C(=O)C3CC3)C(C)C2)ncn1. The Labute approximate surface area is 165 Å². The highest BCUT2D eigenvalue weighted by molar-refractivity contribution is 5.81. The highest BCUT2D eigenvalue weighted by Gasteiger charge is 2.37. The Morgan fingerprint density at radius 1 is 1.14 bits per heavy atom. The van der Waals surface area contributed by atoms with Gasteiger partial charge in [0.1, 0.15) is 12.1 Å². The second-order valence-electron chi connectivity index (χ2n) is 7.57. The van der Waals surface area contributed by atoms with Gasteiger partial charge in [0, 0.05) is 37.7 Å². The number of aryl methyl sites for hydroxylation is 1. The monoisotopic (exact) mass is 382 g/mol. The molecular formula is C21H26N4O3. The van der Waals surface area contributed by atoms with Gasteiger partial charge in [-0.3, -0.25) is 4.79 Å². The molecule has 2 aromatic rings. The summed E-state index contributed by atoms with van der Waals surface area (Å²) in [5.41, 5.74) is 1.10. The number of methoxy groups -OCH3 is 1. The fourth-order valence-corrected chi connectivity index (χ4v) is 3.59. The summed E-state index contributed by atoms with van der Waals surface area (Å²) in [5, 5.41) is 0. The zero-order chi connectivity index (χ0) is 19.7. The first-order valence-electron chi connectivity index (χ1n) is 9.75. The highest BCUT2D eigenvalue weighted by atomic mass is 16.5. The fraction of sp³-hybridized carbons (Fsp3) is 0.476. The van der Waals surface area contributed by atoms with Gasteiger partial charge in [-0.15, -0.1) is 0 Å². The average molecular weight is 382 g/mol. The number of benzene rings is 1. The van der Waals surface area contributed by atoms with Crippen LogP contribution in [0.15, 0.2) is 30.6 Å². The Kier molecular flexibility index (Phi) is 5.07. The summed E-state index contributed by atoms with van der Waals surface area (Å²) in [7, 11) is 1.62. The summed E-state index contributed by atoms with van der Waals surface area (Å²) in [6, 6.07) is 7.77. The summed E-state index contributed by atoms with van der Waals surface area (Å²) < 4.78 is 11.3. The van der Waals surface area contributed by atoms with E-state index < -0.39 is 0 Å². The minimum absolute atomic E-state index is 0.165. The number of aromatic nitrogens is 2. The van der Waals surface area contributed by atoms with E-state index in [-0.39, 0.29) is 12.0 Å². The van der Waals surface area contributed by atoms with Crippen molar-refractivity contribution in [3.63, 3.8) is 0 Å². The number of carbonyl (C=O) groups is 1. The number of ether oxygens (including phenoxy) is 2. The molecule has 7 nitrogen and oxygen atoms in total. The molecule has 2 aliphatic rings. The van der Waals surface area contributed by atoms with Crippen LogP contribution in [-0.2, 0) is 4.79 Å². The molecule has 1 aromatic carbocycles. The molecule has 1 aromatic heterocycles. The van der Waals surface area contributed by atoms with Crippen molar-refractivity contribution in [2.75, 3.05) is 31.6 Å². The van der Waals surface area contributed by atoms with E-state index in [4.69, 9.17) is 9.47 Å². The van der Waals surface area contributed by atoms with Crippen LogP contribution in [0.4, 0.5) is 5.82 Å². The molecular weight excluding hydrogens is 356 g/mol. The fourth-order valence-electron chi connectivity index (χ4n) is 3.59. The lowest BCUT2D eigenvalue weighted by molar-refractivity contribution is -0.134. The van der Waals surface area contributed by atoms with Gasteiger partial charge in [-0.25, -0.2) is 9.97 Å². The summed E-state index contributed by atoms with van der Waals surface area (Å²) in [5.74, 6) is 3.13. The van der Waals surface area contributed by atoms with E-state index in [1.165, 1.54) is 6.33 Å². The zero-order valence-electron chi connectivity index (χ0n) is 16.6. The van der Waals surface area contributed by atoms with Crippen LogP contribution in [0.5, 0.6) is 17.4 Å². The van der Waals surface area contributed by atoms with Gasteiger partial charge in [0.25, 0.3) is 0 Å². The van der Waals surface area contributed by atoms with E-state index in [1.54, 1.807) is 7.11 Å². The van der Waals surface area contributed by atoms with Gasteiger partial charge >= 0.3 is 0 Å². The van der Waals surface area contributed by atoms with Crippen molar-refractivity contribution >= 4 is 11.7 Å². The smallest absolute Gasteiger partial charge is 0.226 e. The van der Waals surface area contributed by atoms with Crippen LogP contribution >= 0.6 is 0 Å². The molecule has 148 valence electrons. The molecule has 2 fully saturated rings. The van der Waals surface area contributed by atoms with Crippen LogP contribution in [0, 0.1) is 12.8 Å². The van der Waals surface area contributed by atoms with Crippen LogP contribution in [0.1, 0.15) is 25.3 Å². The second-order valence-corrected chi connectivity index (χ2v) is 7.57. The zero-order valence-corrected chi connectivity index (χ0v) is 16.6. The topological polar surface area (TPSA) is 67.8 Å². The lowest BCUT2D eigenvalue weighted by Crippen LogP contribution is -2.54. The predicted molar refractivity (Wildman–Crippen MR) is 106 cm³/mol. The number of nitrogens with zero attached hydrogens (tertiary/aromatic N) is 4. The van der Waals surface area contributed by atoms with Crippen molar-refractivity contribution in [3.8, 4) is 17.4 Å². The Bertz CT molecular complexity index is 868. The molecule has 7 heteroatoms. The van der Waals surface area contributed by atoms with Gasteiger partial charge in [-0.2, -0.15) is 0 Å². The first-order chi connectivity index (χ1) is 13.5. The van der Waals surface area contributed by atoms with Crippen LogP contribution in [0.2, 0.25) is 0 Å². The van der Waals surface area contributed by atoms with E-state index in [0.717, 1.165) is 43.9 Å². The van der Waals surface area contributed by atoms with Gasteiger partial charge in [0.2, 0.25) is 11.8 Å².